The second kappa shape index (κ2) is 10.3. The van der Waals surface area contributed by atoms with Crippen molar-refractivity contribution >= 4 is 29.3 Å². The Hall–Kier alpha value is -3.09. The predicted molar refractivity (Wildman–Crippen MR) is 99.6 cm³/mol. The fourth-order valence-corrected chi connectivity index (χ4v) is 2.89. The van der Waals surface area contributed by atoms with E-state index in [1.807, 2.05) is 0 Å². The van der Waals surface area contributed by atoms with Crippen molar-refractivity contribution in [1.82, 2.24) is 4.98 Å². The zero-order valence-corrected chi connectivity index (χ0v) is 16.8. The maximum Gasteiger partial charge on any atom is 0.417 e. The molecule has 2 aromatic rings. The van der Waals surface area contributed by atoms with E-state index in [1.54, 1.807) is 0 Å². The van der Waals surface area contributed by atoms with Crippen LogP contribution in [0, 0.1) is 0 Å². The summed E-state index contributed by atoms with van der Waals surface area (Å²) in [5.74, 6) is -2.49. The Morgan fingerprint density at radius 3 is 2.39 bits per heavy atom. The molecular weight excluding hydrogens is 451 g/mol. The molecule has 1 aromatic carbocycles. The van der Waals surface area contributed by atoms with Gasteiger partial charge >= 0.3 is 18.8 Å². The standard InChI is InChI=1S/C18H15F5N2O5S/c1-28-12-5-10(16(27)29-2)11(6-13(12)30-17(19)20)25-14(26)8-31-15-4-3-9(7-24-15)18(21,22)23/h3-7,17H,8H2,1-2H3,(H,25,26). The zero-order chi connectivity index (χ0) is 23.2. The van der Waals surface area contributed by atoms with Crippen LogP contribution in [-0.4, -0.2) is 43.4 Å². The number of alkyl halides is 5. The number of amides is 1. The number of benzene rings is 1. The van der Waals surface area contributed by atoms with E-state index in [9.17, 15) is 31.5 Å². The number of thioether (sulfide) groups is 1. The van der Waals surface area contributed by atoms with Gasteiger partial charge < -0.3 is 19.5 Å². The molecule has 0 atom stereocenters. The fourth-order valence-electron chi connectivity index (χ4n) is 2.25. The molecule has 0 aliphatic carbocycles. The fraction of sp³-hybridized carbons (Fsp3) is 0.278. The predicted octanol–water partition coefficient (Wildman–Crippen LogP) is 4.23. The first-order valence-corrected chi connectivity index (χ1v) is 9.24. The molecule has 2 rings (SSSR count). The van der Waals surface area contributed by atoms with Gasteiger partial charge in [0.1, 0.15) is 0 Å². The number of halogens is 5. The number of carbonyl (C=O) groups is 2. The minimum atomic E-state index is -4.54. The van der Waals surface area contributed by atoms with Crippen LogP contribution in [0.15, 0.2) is 35.5 Å². The molecule has 0 saturated carbocycles. The molecule has 1 aromatic heterocycles. The third-order valence-corrected chi connectivity index (χ3v) is 4.56. The second-order valence-electron chi connectivity index (χ2n) is 5.64. The summed E-state index contributed by atoms with van der Waals surface area (Å²) in [6.45, 7) is -3.19. The van der Waals surface area contributed by atoms with Gasteiger partial charge in [0.15, 0.2) is 11.5 Å². The van der Waals surface area contributed by atoms with Crippen LogP contribution in [0.25, 0.3) is 0 Å². The van der Waals surface area contributed by atoms with E-state index >= 15 is 0 Å². The number of anilines is 1. The molecule has 0 fully saturated rings. The highest BCUT2D eigenvalue weighted by molar-refractivity contribution is 7.99. The quantitative estimate of drug-likeness (QED) is 0.354. The van der Waals surface area contributed by atoms with E-state index in [4.69, 9.17) is 4.74 Å². The van der Waals surface area contributed by atoms with E-state index < -0.39 is 36.0 Å². The molecule has 13 heteroatoms. The van der Waals surface area contributed by atoms with Crippen LogP contribution >= 0.6 is 11.8 Å². The number of ether oxygens (including phenoxy) is 3. The highest BCUT2D eigenvalue weighted by Gasteiger charge is 2.30. The van der Waals surface area contributed by atoms with Gasteiger partial charge in [-0.2, -0.15) is 22.0 Å². The molecule has 31 heavy (non-hydrogen) atoms. The average molecular weight is 466 g/mol. The Labute approximate surface area is 176 Å². The van der Waals surface area contributed by atoms with Crippen LogP contribution in [-0.2, 0) is 15.7 Å². The number of pyridine rings is 1. The average Bonchev–Trinajstić information content (AvgIpc) is 2.71. The van der Waals surface area contributed by atoms with Gasteiger partial charge in [0, 0.05) is 18.3 Å². The second-order valence-corrected chi connectivity index (χ2v) is 6.63. The molecule has 7 nitrogen and oxygen atoms in total. The monoisotopic (exact) mass is 466 g/mol. The Bertz CT molecular complexity index is 938. The molecule has 0 unspecified atom stereocenters. The van der Waals surface area contributed by atoms with Crippen molar-refractivity contribution in [3.63, 3.8) is 0 Å². The van der Waals surface area contributed by atoms with E-state index in [0.29, 0.717) is 6.20 Å². The molecule has 0 spiro atoms. The van der Waals surface area contributed by atoms with Crippen molar-refractivity contribution in [2.75, 3.05) is 25.3 Å². The summed E-state index contributed by atoms with van der Waals surface area (Å²) in [6, 6.07) is 3.95. The lowest BCUT2D eigenvalue weighted by atomic mass is 10.1. The normalized spacial score (nSPS) is 11.2. The molecule has 0 aliphatic heterocycles. The Kier molecular flexibility index (Phi) is 8.02. The van der Waals surface area contributed by atoms with Crippen molar-refractivity contribution in [3.05, 3.63) is 41.6 Å². The molecule has 168 valence electrons. The Balaban J connectivity index is 2.17. The van der Waals surface area contributed by atoms with Gasteiger partial charge in [-0.3, -0.25) is 4.79 Å². The number of carbonyl (C=O) groups excluding carboxylic acids is 2. The lowest BCUT2D eigenvalue weighted by molar-refractivity contribution is -0.137. The maximum absolute atomic E-state index is 12.6. The highest BCUT2D eigenvalue weighted by Crippen LogP contribution is 2.35. The third kappa shape index (κ3) is 6.70. The summed E-state index contributed by atoms with van der Waals surface area (Å²) < 4.78 is 76.8. The Morgan fingerprint density at radius 1 is 1.16 bits per heavy atom. The molecule has 0 bridgehead atoms. The molecular formula is C18H15F5N2O5S. The number of nitrogens with one attached hydrogen (secondary N) is 1. The highest BCUT2D eigenvalue weighted by atomic mass is 32.2. The molecule has 0 saturated heterocycles. The minimum absolute atomic E-state index is 0.146. The maximum atomic E-state index is 12.6. The van der Waals surface area contributed by atoms with Gasteiger partial charge in [0.2, 0.25) is 5.91 Å². The van der Waals surface area contributed by atoms with Crippen LogP contribution in [0.1, 0.15) is 15.9 Å². The number of hydrogen-bond acceptors (Lipinski definition) is 7. The van der Waals surface area contributed by atoms with Gasteiger partial charge in [0.25, 0.3) is 0 Å². The van der Waals surface area contributed by atoms with E-state index in [-0.39, 0.29) is 27.8 Å². The van der Waals surface area contributed by atoms with Gasteiger partial charge in [-0.1, -0.05) is 11.8 Å². The van der Waals surface area contributed by atoms with E-state index in [0.717, 1.165) is 43.1 Å². The topological polar surface area (TPSA) is 86.8 Å². The van der Waals surface area contributed by atoms with Crippen molar-refractivity contribution < 1.29 is 45.8 Å². The first-order chi connectivity index (χ1) is 14.5. The smallest absolute Gasteiger partial charge is 0.417 e. The molecule has 0 aliphatic rings. The summed E-state index contributed by atoms with van der Waals surface area (Å²) in [6.07, 6.45) is -3.91. The van der Waals surface area contributed by atoms with Crippen molar-refractivity contribution in [2.45, 2.75) is 17.8 Å². The van der Waals surface area contributed by atoms with Crippen LogP contribution < -0.4 is 14.8 Å². The molecule has 1 N–H and O–H groups in total. The van der Waals surface area contributed by atoms with Crippen LogP contribution in [0.4, 0.5) is 27.6 Å². The number of rotatable bonds is 8. The van der Waals surface area contributed by atoms with Gasteiger partial charge in [-0.25, -0.2) is 9.78 Å². The van der Waals surface area contributed by atoms with Crippen molar-refractivity contribution in [3.8, 4) is 11.5 Å². The van der Waals surface area contributed by atoms with Gasteiger partial charge in [0.05, 0.1) is 41.8 Å². The first kappa shape index (κ1) is 24.2. The van der Waals surface area contributed by atoms with Crippen molar-refractivity contribution in [1.29, 1.82) is 0 Å². The lowest BCUT2D eigenvalue weighted by Crippen LogP contribution is -2.18. The van der Waals surface area contributed by atoms with Crippen LogP contribution in [0.2, 0.25) is 0 Å². The van der Waals surface area contributed by atoms with E-state index in [1.165, 1.54) is 7.11 Å². The zero-order valence-electron chi connectivity index (χ0n) is 16.0. The number of nitrogens with zero attached hydrogens (tertiary/aromatic N) is 1. The first-order valence-electron chi connectivity index (χ1n) is 8.26. The number of methoxy groups -OCH3 is 2. The van der Waals surface area contributed by atoms with Gasteiger partial charge in [-0.15, -0.1) is 0 Å². The van der Waals surface area contributed by atoms with Gasteiger partial charge in [-0.05, 0) is 12.1 Å². The summed E-state index contributed by atoms with van der Waals surface area (Å²) in [5.41, 5.74) is -1.31. The summed E-state index contributed by atoms with van der Waals surface area (Å²) in [7, 11) is 2.25. The number of hydrogen-bond donors (Lipinski definition) is 1. The Morgan fingerprint density at radius 2 is 1.87 bits per heavy atom. The van der Waals surface area contributed by atoms with Crippen LogP contribution in [0.3, 0.4) is 0 Å². The summed E-state index contributed by atoms with van der Waals surface area (Å²) in [4.78, 5) is 27.9. The summed E-state index contributed by atoms with van der Waals surface area (Å²) in [5, 5.41) is 2.49. The van der Waals surface area contributed by atoms with Crippen molar-refractivity contribution in [2.24, 2.45) is 0 Å². The SMILES string of the molecule is COC(=O)c1cc(OC)c(OC(F)F)cc1NC(=O)CSc1ccc(C(F)(F)F)cn1. The number of esters is 1. The van der Waals surface area contributed by atoms with E-state index in [2.05, 4.69) is 19.8 Å². The number of aromatic nitrogens is 1. The summed E-state index contributed by atoms with van der Waals surface area (Å²) >= 11 is 0.827. The lowest BCUT2D eigenvalue weighted by Gasteiger charge is -2.15. The minimum Gasteiger partial charge on any atom is -0.493 e. The largest absolute Gasteiger partial charge is 0.493 e. The third-order valence-electron chi connectivity index (χ3n) is 3.61. The molecule has 0 radical (unpaired) electrons. The van der Waals surface area contributed by atoms with Crippen LogP contribution in [0.5, 0.6) is 11.5 Å². The molecule has 1 heterocycles. The molecule has 1 amide bonds.